The minimum Gasteiger partial charge on any atom is -0.322 e. The van der Waals surface area contributed by atoms with E-state index in [1.807, 2.05) is 36.6 Å². The van der Waals surface area contributed by atoms with Crippen LogP contribution >= 0.6 is 34.5 Å². The Bertz CT molecular complexity index is 933. The molecule has 0 radical (unpaired) electrons. The molecule has 6 heteroatoms. The molecule has 2 aromatic carbocycles. The lowest BCUT2D eigenvalue weighted by atomic mass is 10.2. The minimum absolute atomic E-state index is 0.240. The van der Waals surface area contributed by atoms with Gasteiger partial charge >= 0.3 is 0 Å². The third kappa shape index (κ3) is 4.48. The number of hydrogen-bond donors (Lipinski definition) is 1. The average molecular weight is 389 g/mol. The van der Waals surface area contributed by atoms with Crippen LogP contribution in [0.1, 0.15) is 21.5 Å². The number of amides is 1. The number of nitrogens with one attached hydrogen (secondary N) is 1. The van der Waals surface area contributed by atoms with E-state index in [0.29, 0.717) is 26.3 Å². The smallest absolute Gasteiger partial charge is 0.258 e. The van der Waals surface area contributed by atoms with Crippen LogP contribution in [0, 0.1) is 6.92 Å². The predicted octanol–water partition coefficient (Wildman–Crippen LogP) is 6.37. The lowest BCUT2D eigenvalue weighted by Crippen LogP contribution is -2.11. The van der Waals surface area contributed by atoms with Gasteiger partial charge in [-0.15, -0.1) is 11.3 Å². The molecule has 0 aliphatic rings. The zero-order chi connectivity index (χ0) is 17.8. The molecule has 1 heterocycles. The van der Waals surface area contributed by atoms with Gasteiger partial charge in [0.2, 0.25) is 0 Å². The highest BCUT2D eigenvalue weighted by molar-refractivity contribution is 7.14. The van der Waals surface area contributed by atoms with Crippen LogP contribution in [0.4, 0.5) is 10.7 Å². The molecule has 25 heavy (non-hydrogen) atoms. The maximum atomic E-state index is 12.5. The molecule has 0 aliphatic heterocycles. The molecule has 0 atom stereocenters. The Morgan fingerprint density at radius 3 is 2.56 bits per heavy atom. The maximum Gasteiger partial charge on any atom is 0.258 e. The van der Waals surface area contributed by atoms with Crippen LogP contribution in [-0.4, -0.2) is 12.1 Å². The summed E-state index contributed by atoms with van der Waals surface area (Å²) in [6, 6.07) is 14.7. The first kappa shape index (κ1) is 17.7. The van der Waals surface area contributed by atoms with Crippen molar-refractivity contribution in [2.45, 2.75) is 6.92 Å². The number of hydrogen-bond acceptors (Lipinski definition) is 3. The van der Waals surface area contributed by atoms with Crippen molar-refractivity contribution < 1.29 is 4.79 Å². The summed E-state index contributed by atoms with van der Waals surface area (Å²) in [5, 5.41) is 6.13. The van der Waals surface area contributed by atoms with Crippen molar-refractivity contribution in [1.82, 2.24) is 0 Å². The zero-order valence-electron chi connectivity index (χ0n) is 13.3. The van der Waals surface area contributed by atoms with E-state index in [2.05, 4.69) is 10.3 Å². The van der Waals surface area contributed by atoms with Crippen LogP contribution in [0.3, 0.4) is 0 Å². The first-order valence-corrected chi connectivity index (χ1v) is 9.11. The van der Waals surface area contributed by atoms with Crippen molar-refractivity contribution in [2.75, 3.05) is 5.32 Å². The highest BCUT2D eigenvalue weighted by Gasteiger charge is 2.13. The number of halogens is 2. The summed E-state index contributed by atoms with van der Waals surface area (Å²) >= 11 is 13.3. The van der Waals surface area contributed by atoms with E-state index in [4.69, 9.17) is 23.2 Å². The van der Waals surface area contributed by atoms with Crippen LogP contribution in [-0.2, 0) is 0 Å². The molecule has 0 bridgehead atoms. The standard InChI is InChI=1S/C19H14Cl2N2OS/c1-12-2-4-13(5-3-12)11-22-19-15(8-9-25-19)18(24)23-14-6-7-16(20)17(21)10-14/h2-11H,1H3,(H,23,24)/b22-11+. The SMILES string of the molecule is Cc1ccc(/C=N/c2sccc2C(=O)Nc2ccc(Cl)c(Cl)c2)cc1. The summed E-state index contributed by atoms with van der Waals surface area (Å²) in [4.78, 5) is 16.9. The maximum absolute atomic E-state index is 12.5. The highest BCUT2D eigenvalue weighted by Crippen LogP contribution is 2.29. The van der Waals surface area contributed by atoms with Gasteiger partial charge in [-0.25, -0.2) is 4.99 Å². The third-order valence-corrected chi connectivity index (χ3v) is 5.03. The van der Waals surface area contributed by atoms with Gasteiger partial charge in [0, 0.05) is 11.9 Å². The number of carbonyl (C=O) groups excluding carboxylic acids is 1. The van der Waals surface area contributed by atoms with Gasteiger partial charge in [-0.3, -0.25) is 4.79 Å². The van der Waals surface area contributed by atoms with Crippen molar-refractivity contribution in [2.24, 2.45) is 4.99 Å². The molecule has 0 saturated heterocycles. The van der Waals surface area contributed by atoms with Crippen molar-refractivity contribution in [3.63, 3.8) is 0 Å². The van der Waals surface area contributed by atoms with E-state index >= 15 is 0 Å². The number of thiophene rings is 1. The average Bonchev–Trinajstić information content (AvgIpc) is 3.06. The highest BCUT2D eigenvalue weighted by atomic mass is 35.5. The second-order valence-electron chi connectivity index (χ2n) is 5.39. The van der Waals surface area contributed by atoms with E-state index in [1.165, 1.54) is 16.9 Å². The Labute approximate surface area is 159 Å². The van der Waals surface area contributed by atoms with Gasteiger partial charge in [0.05, 0.1) is 15.6 Å². The fraction of sp³-hybridized carbons (Fsp3) is 0.0526. The van der Waals surface area contributed by atoms with Gasteiger partial charge in [0.25, 0.3) is 5.91 Å². The molecule has 0 unspecified atom stereocenters. The molecule has 3 nitrogen and oxygen atoms in total. The fourth-order valence-corrected chi connectivity index (χ4v) is 3.16. The summed E-state index contributed by atoms with van der Waals surface area (Å²) in [7, 11) is 0. The number of carbonyl (C=O) groups is 1. The Morgan fingerprint density at radius 1 is 1.08 bits per heavy atom. The molecular weight excluding hydrogens is 375 g/mol. The van der Waals surface area contributed by atoms with Crippen molar-refractivity contribution in [1.29, 1.82) is 0 Å². The lowest BCUT2D eigenvalue weighted by Gasteiger charge is -2.06. The first-order chi connectivity index (χ1) is 12.0. The van der Waals surface area contributed by atoms with Crippen molar-refractivity contribution >= 4 is 57.3 Å². The van der Waals surface area contributed by atoms with Crippen LogP contribution in [0.25, 0.3) is 0 Å². The molecule has 0 spiro atoms. The monoisotopic (exact) mass is 388 g/mol. The van der Waals surface area contributed by atoms with Gasteiger partial charge in [-0.05, 0) is 42.1 Å². The second kappa shape index (κ2) is 7.83. The van der Waals surface area contributed by atoms with E-state index in [0.717, 1.165) is 5.56 Å². The van der Waals surface area contributed by atoms with Gasteiger partial charge in [-0.2, -0.15) is 0 Å². The molecular formula is C19H14Cl2N2OS. The molecule has 0 aliphatic carbocycles. The summed E-state index contributed by atoms with van der Waals surface area (Å²) in [5.41, 5.74) is 3.27. The van der Waals surface area contributed by atoms with Gasteiger partial charge in [0.15, 0.2) is 0 Å². The van der Waals surface area contributed by atoms with Crippen molar-refractivity contribution in [3.05, 3.63) is 80.6 Å². The quantitative estimate of drug-likeness (QED) is 0.518. The largest absolute Gasteiger partial charge is 0.322 e. The molecule has 1 amide bonds. The number of benzene rings is 2. The Balaban J connectivity index is 1.77. The fourth-order valence-electron chi connectivity index (χ4n) is 2.13. The number of anilines is 1. The molecule has 1 N–H and O–H groups in total. The third-order valence-electron chi connectivity index (χ3n) is 3.48. The number of aryl methyl sites for hydroxylation is 1. The molecule has 126 valence electrons. The van der Waals surface area contributed by atoms with E-state index < -0.39 is 0 Å². The van der Waals surface area contributed by atoms with Crippen molar-refractivity contribution in [3.8, 4) is 0 Å². The summed E-state index contributed by atoms with van der Waals surface area (Å²) in [6.45, 7) is 2.03. The molecule has 3 aromatic rings. The Hall–Kier alpha value is -2.14. The summed E-state index contributed by atoms with van der Waals surface area (Å²) in [6.07, 6.45) is 1.75. The van der Waals surface area contributed by atoms with Crippen LogP contribution in [0.5, 0.6) is 0 Å². The van der Waals surface area contributed by atoms with Crippen LogP contribution in [0.15, 0.2) is 58.9 Å². The second-order valence-corrected chi connectivity index (χ2v) is 7.10. The zero-order valence-corrected chi connectivity index (χ0v) is 15.6. The van der Waals surface area contributed by atoms with Crippen LogP contribution in [0.2, 0.25) is 10.0 Å². The summed E-state index contributed by atoms with van der Waals surface area (Å²) in [5.74, 6) is -0.240. The van der Waals surface area contributed by atoms with Gasteiger partial charge in [-0.1, -0.05) is 53.0 Å². The molecule has 3 rings (SSSR count). The number of nitrogens with zero attached hydrogens (tertiary/aromatic N) is 1. The summed E-state index contributed by atoms with van der Waals surface area (Å²) < 4.78 is 0. The van der Waals surface area contributed by atoms with Crippen LogP contribution < -0.4 is 5.32 Å². The molecule has 1 aromatic heterocycles. The normalized spacial score (nSPS) is 11.0. The first-order valence-electron chi connectivity index (χ1n) is 7.47. The van der Waals surface area contributed by atoms with Gasteiger partial charge < -0.3 is 5.32 Å². The topological polar surface area (TPSA) is 41.5 Å². The molecule has 0 fully saturated rings. The minimum atomic E-state index is -0.240. The Kier molecular flexibility index (Phi) is 5.53. The van der Waals surface area contributed by atoms with E-state index in [-0.39, 0.29) is 5.91 Å². The predicted molar refractivity (Wildman–Crippen MR) is 107 cm³/mol. The Morgan fingerprint density at radius 2 is 1.84 bits per heavy atom. The van der Waals surface area contributed by atoms with Gasteiger partial charge in [0.1, 0.15) is 5.00 Å². The number of aliphatic imine (C=N–C) groups is 1. The van der Waals surface area contributed by atoms with E-state index in [9.17, 15) is 4.79 Å². The molecule has 0 saturated carbocycles. The van der Waals surface area contributed by atoms with E-state index in [1.54, 1.807) is 30.5 Å². The number of rotatable bonds is 4. The lowest BCUT2D eigenvalue weighted by molar-refractivity contribution is 0.102.